The van der Waals surface area contributed by atoms with E-state index in [-0.39, 0.29) is 32.6 Å². The second-order valence-corrected chi connectivity index (χ2v) is 18.8. The summed E-state index contributed by atoms with van der Waals surface area (Å²) in [6, 6.07) is 0. The van der Waals surface area contributed by atoms with E-state index in [9.17, 15) is 19.0 Å². The highest BCUT2D eigenvalue weighted by Crippen LogP contribution is 2.43. The number of carbonyl (C=O) groups excluding carboxylic acids is 2. The molecule has 0 aliphatic heterocycles. The van der Waals surface area contributed by atoms with Gasteiger partial charge in [-0.1, -0.05) is 207 Å². The summed E-state index contributed by atoms with van der Waals surface area (Å²) in [5, 5.41) is 0. The molecule has 0 heterocycles. The number of esters is 2. The minimum Gasteiger partial charge on any atom is -0.462 e. The molecule has 0 rings (SSSR count). The van der Waals surface area contributed by atoms with Gasteiger partial charge in [0.25, 0.3) is 0 Å². The number of unbranched alkanes of at least 4 members (excludes halogenated alkanes) is 20. The summed E-state index contributed by atoms with van der Waals surface area (Å²) in [5.74, 6) is -0.850. The topological polar surface area (TPSA) is 134 Å². The van der Waals surface area contributed by atoms with Crippen molar-refractivity contribution < 1.29 is 37.6 Å². The van der Waals surface area contributed by atoms with Crippen molar-refractivity contribution in [2.75, 3.05) is 26.4 Å². The summed E-state index contributed by atoms with van der Waals surface area (Å²) in [6.07, 6.45) is 68.7. The van der Waals surface area contributed by atoms with Gasteiger partial charge >= 0.3 is 19.8 Å². The molecule has 0 spiro atoms. The van der Waals surface area contributed by atoms with Crippen LogP contribution in [0, 0.1) is 0 Å². The number of hydrogen-bond donors (Lipinski definition) is 2. The molecule has 0 aromatic carbocycles. The van der Waals surface area contributed by atoms with Gasteiger partial charge in [-0.05, 0) is 96.3 Å². The Morgan fingerprint density at radius 1 is 0.463 bits per heavy atom. The average molecular weight is 956 g/mol. The second-order valence-electron chi connectivity index (χ2n) is 17.4. The molecular weight excluding hydrogens is 858 g/mol. The number of nitrogens with two attached hydrogens (primary N) is 1. The average Bonchev–Trinajstić information content (AvgIpc) is 3.32. The van der Waals surface area contributed by atoms with Gasteiger partial charge in [-0.15, -0.1) is 0 Å². The Morgan fingerprint density at radius 2 is 0.821 bits per heavy atom. The highest BCUT2D eigenvalue weighted by molar-refractivity contribution is 7.47. The van der Waals surface area contributed by atoms with E-state index >= 15 is 0 Å². The van der Waals surface area contributed by atoms with Gasteiger partial charge in [0.1, 0.15) is 6.61 Å². The van der Waals surface area contributed by atoms with Crippen LogP contribution in [0.5, 0.6) is 0 Å². The summed E-state index contributed by atoms with van der Waals surface area (Å²) in [4.78, 5) is 35.1. The van der Waals surface area contributed by atoms with E-state index in [0.717, 1.165) is 103 Å². The standard InChI is InChI=1S/C57H98NO8P/c1-3-5-7-9-11-13-15-17-19-21-23-24-25-26-27-28-29-30-32-34-36-38-40-42-44-46-48-50-57(60)66-55(54-65-67(61,62)64-52-51-58)53-63-56(59)49-47-45-43-41-39-37-35-33-31-22-20-18-16-14-12-10-8-6-4-2/h5,7,11-14,17-20,23-24,26-27,31,33,55H,3-4,6,8-10,15-16,21-22,25,28-30,32,34-54,58H2,1-2H3,(H,61,62)/b7-5-,13-11-,14-12-,19-17-,20-18-,24-23-,27-26-,33-31-. The van der Waals surface area contributed by atoms with E-state index in [2.05, 4.69) is 111 Å². The van der Waals surface area contributed by atoms with Crippen molar-refractivity contribution in [1.82, 2.24) is 0 Å². The molecule has 0 bridgehead atoms. The van der Waals surface area contributed by atoms with Gasteiger partial charge in [-0.2, -0.15) is 0 Å². The molecule has 3 N–H and O–H groups in total. The highest BCUT2D eigenvalue weighted by atomic mass is 31.2. The van der Waals surface area contributed by atoms with Crippen LogP contribution in [-0.2, 0) is 32.7 Å². The Labute approximate surface area is 410 Å². The van der Waals surface area contributed by atoms with E-state index in [4.69, 9.17) is 24.3 Å². The summed E-state index contributed by atoms with van der Waals surface area (Å²) in [6.45, 7) is 3.58. The van der Waals surface area contributed by atoms with Crippen molar-refractivity contribution >= 4 is 19.8 Å². The van der Waals surface area contributed by atoms with E-state index in [1.165, 1.54) is 77.0 Å². The maximum Gasteiger partial charge on any atom is 0.472 e. The van der Waals surface area contributed by atoms with Crippen LogP contribution in [0.4, 0.5) is 0 Å². The zero-order valence-electron chi connectivity index (χ0n) is 42.6. The first-order valence-electron chi connectivity index (χ1n) is 26.7. The van der Waals surface area contributed by atoms with Crippen LogP contribution in [0.15, 0.2) is 97.2 Å². The van der Waals surface area contributed by atoms with Gasteiger partial charge in [-0.25, -0.2) is 4.57 Å². The van der Waals surface area contributed by atoms with Gasteiger partial charge in [0.05, 0.1) is 13.2 Å². The minimum absolute atomic E-state index is 0.0463. The van der Waals surface area contributed by atoms with Crippen molar-refractivity contribution in [3.8, 4) is 0 Å². The van der Waals surface area contributed by atoms with E-state index in [0.29, 0.717) is 12.8 Å². The van der Waals surface area contributed by atoms with Crippen LogP contribution in [0.1, 0.15) is 219 Å². The number of hydrogen-bond acceptors (Lipinski definition) is 8. The normalized spacial score (nSPS) is 13.9. The Morgan fingerprint density at radius 3 is 1.22 bits per heavy atom. The summed E-state index contributed by atoms with van der Waals surface area (Å²) >= 11 is 0. The molecule has 2 unspecified atom stereocenters. The zero-order chi connectivity index (χ0) is 48.8. The van der Waals surface area contributed by atoms with Crippen LogP contribution < -0.4 is 5.73 Å². The number of phosphoric acid groups is 1. The number of ether oxygens (including phenoxy) is 2. The third-order valence-electron chi connectivity index (χ3n) is 11.0. The van der Waals surface area contributed by atoms with E-state index < -0.39 is 32.5 Å². The lowest BCUT2D eigenvalue weighted by molar-refractivity contribution is -0.161. The SMILES string of the molecule is CC/C=C\C/C=C\C/C=C\C/C=C\C/C=C\CCCCCCCCCCCCCC(=O)OC(COC(=O)CCCCCCCC/C=C\C/C=C\C/C=C\CCCCC)COP(=O)(O)OCCN. The fourth-order valence-electron chi connectivity index (χ4n) is 7.02. The Hall–Kier alpha value is -3.07. The van der Waals surface area contributed by atoms with Crippen LogP contribution in [0.2, 0.25) is 0 Å². The second kappa shape index (κ2) is 52.3. The van der Waals surface area contributed by atoms with Crippen LogP contribution in [0.25, 0.3) is 0 Å². The Balaban J connectivity index is 4.06. The molecule has 0 radical (unpaired) electrons. The lowest BCUT2D eigenvalue weighted by Gasteiger charge is -2.19. The van der Waals surface area contributed by atoms with Crippen LogP contribution in [-0.4, -0.2) is 49.3 Å². The van der Waals surface area contributed by atoms with Crippen LogP contribution in [0.3, 0.4) is 0 Å². The molecule has 67 heavy (non-hydrogen) atoms. The maximum atomic E-state index is 12.7. The van der Waals surface area contributed by atoms with E-state index in [1.807, 2.05) is 0 Å². The maximum absolute atomic E-state index is 12.7. The summed E-state index contributed by atoms with van der Waals surface area (Å²) in [7, 11) is -4.39. The number of carbonyl (C=O) groups is 2. The van der Waals surface area contributed by atoms with Gasteiger partial charge in [-0.3, -0.25) is 18.6 Å². The molecule has 0 aromatic heterocycles. The lowest BCUT2D eigenvalue weighted by atomic mass is 10.0. The van der Waals surface area contributed by atoms with Crippen molar-refractivity contribution in [3.63, 3.8) is 0 Å². The molecule has 10 heteroatoms. The molecule has 0 aliphatic carbocycles. The summed E-state index contributed by atoms with van der Waals surface area (Å²) in [5.41, 5.74) is 5.37. The first-order chi connectivity index (χ1) is 32.8. The van der Waals surface area contributed by atoms with Crippen LogP contribution >= 0.6 is 7.82 Å². The fraction of sp³-hybridized carbons (Fsp3) is 0.684. The van der Waals surface area contributed by atoms with Crippen molar-refractivity contribution in [2.24, 2.45) is 5.73 Å². The number of rotatable bonds is 49. The Kier molecular flexibility index (Phi) is 49.9. The quantitative estimate of drug-likeness (QED) is 0.0264. The molecule has 0 amide bonds. The van der Waals surface area contributed by atoms with E-state index in [1.54, 1.807) is 0 Å². The molecule has 0 aliphatic rings. The first kappa shape index (κ1) is 63.9. The monoisotopic (exact) mass is 956 g/mol. The van der Waals surface area contributed by atoms with Gasteiger partial charge < -0.3 is 20.1 Å². The first-order valence-corrected chi connectivity index (χ1v) is 28.2. The molecule has 384 valence electrons. The van der Waals surface area contributed by atoms with Gasteiger partial charge in [0.2, 0.25) is 0 Å². The largest absolute Gasteiger partial charge is 0.472 e. The number of allylic oxidation sites excluding steroid dienone is 16. The fourth-order valence-corrected chi connectivity index (χ4v) is 7.79. The molecular formula is C57H98NO8P. The Bertz CT molecular complexity index is 1410. The lowest BCUT2D eigenvalue weighted by Crippen LogP contribution is -2.29. The minimum atomic E-state index is -4.39. The zero-order valence-corrected chi connectivity index (χ0v) is 43.5. The van der Waals surface area contributed by atoms with Crippen molar-refractivity contribution in [1.29, 1.82) is 0 Å². The highest BCUT2D eigenvalue weighted by Gasteiger charge is 2.26. The smallest absolute Gasteiger partial charge is 0.462 e. The molecule has 2 atom stereocenters. The molecule has 0 saturated heterocycles. The molecule has 0 aromatic rings. The van der Waals surface area contributed by atoms with Gasteiger partial charge in [0.15, 0.2) is 6.10 Å². The predicted molar refractivity (Wildman–Crippen MR) is 284 cm³/mol. The number of phosphoric ester groups is 1. The third kappa shape index (κ3) is 52.2. The molecule has 0 saturated carbocycles. The van der Waals surface area contributed by atoms with Crippen molar-refractivity contribution in [3.05, 3.63) is 97.2 Å². The predicted octanol–water partition coefficient (Wildman–Crippen LogP) is 16.5. The molecule has 9 nitrogen and oxygen atoms in total. The third-order valence-corrected chi connectivity index (χ3v) is 11.9. The molecule has 0 fully saturated rings. The summed E-state index contributed by atoms with van der Waals surface area (Å²) < 4.78 is 33.0. The van der Waals surface area contributed by atoms with Crippen molar-refractivity contribution in [2.45, 2.75) is 225 Å². The van der Waals surface area contributed by atoms with Gasteiger partial charge in [0, 0.05) is 19.4 Å².